The van der Waals surface area contributed by atoms with E-state index in [1.54, 1.807) is 22.8 Å². The van der Waals surface area contributed by atoms with Gasteiger partial charge in [-0.1, -0.05) is 0 Å². The zero-order valence-corrected chi connectivity index (χ0v) is 20.1. The van der Waals surface area contributed by atoms with Crippen LogP contribution in [0.1, 0.15) is 32.1 Å². The highest BCUT2D eigenvalue weighted by molar-refractivity contribution is 7.90. The quantitative estimate of drug-likeness (QED) is 0.635. The molecule has 4 aliphatic rings. The number of carbonyl (C=O) groups excluding carboxylic acids is 1. The van der Waals surface area contributed by atoms with Gasteiger partial charge in [-0.05, 0) is 38.2 Å². The maximum absolute atomic E-state index is 13.3. The molecule has 4 fully saturated rings. The van der Waals surface area contributed by atoms with Gasteiger partial charge in [-0.15, -0.1) is 0 Å². The maximum atomic E-state index is 13.3. The first-order valence-electron chi connectivity index (χ1n) is 11.4. The van der Waals surface area contributed by atoms with Crippen molar-refractivity contribution in [1.82, 2.24) is 19.2 Å². The Bertz CT molecular complexity index is 1070. The number of anilines is 1. The van der Waals surface area contributed by atoms with Crippen molar-refractivity contribution in [3.63, 3.8) is 0 Å². The maximum Gasteiger partial charge on any atom is 0.490 e. The van der Waals surface area contributed by atoms with Crippen LogP contribution in [0.2, 0.25) is 0 Å². The van der Waals surface area contributed by atoms with E-state index in [1.165, 1.54) is 0 Å². The normalized spacial score (nSPS) is 26.8. The van der Waals surface area contributed by atoms with E-state index in [2.05, 4.69) is 14.9 Å². The average Bonchev–Trinajstić information content (AvgIpc) is 3.58. The fourth-order valence-electron chi connectivity index (χ4n) is 5.62. The van der Waals surface area contributed by atoms with Crippen molar-refractivity contribution >= 4 is 27.8 Å². The lowest BCUT2D eigenvalue weighted by Gasteiger charge is -2.46. The fourth-order valence-corrected chi connectivity index (χ4v) is 7.46. The SMILES string of the molecule is CN1CCC2(CN(c3ncccn3)CC23CCN(S(=O)(=O)C2CC2)CC3)C1=O.O=C(O)C(F)(F)F. The van der Waals surface area contributed by atoms with E-state index in [4.69, 9.17) is 9.90 Å². The molecule has 0 radical (unpaired) electrons. The highest BCUT2D eigenvalue weighted by Crippen LogP contribution is 2.58. The second-order valence-electron chi connectivity index (χ2n) is 9.69. The van der Waals surface area contributed by atoms with E-state index in [9.17, 15) is 26.4 Å². The largest absolute Gasteiger partial charge is 0.490 e. The number of nitrogens with zero attached hydrogens (tertiary/aromatic N) is 5. The minimum atomic E-state index is -5.08. The van der Waals surface area contributed by atoms with Crippen molar-refractivity contribution in [1.29, 1.82) is 0 Å². The number of fused-ring (bicyclic) bond motifs is 1. The van der Waals surface area contributed by atoms with E-state index < -0.39 is 27.6 Å². The van der Waals surface area contributed by atoms with Gasteiger partial charge < -0.3 is 14.9 Å². The molecule has 1 unspecified atom stereocenters. The predicted octanol–water partition coefficient (Wildman–Crippen LogP) is 1.35. The summed E-state index contributed by atoms with van der Waals surface area (Å²) in [4.78, 5) is 35.0. The summed E-state index contributed by atoms with van der Waals surface area (Å²) in [7, 11) is -1.29. The molecule has 4 heterocycles. The van der Waals surface area contributed by atoms with Crippen molar-refractivity contribution in [2.75, 3.05) is 44.7 Å². The number of carboxylic acids is 1. The molecule has 0 aromatic carbocycles. The number of hydrogen-bond donors (Lipinski definition) is 1. The van der Waals surface area contributed by atoms with Crippen LogP contribution in [-0.2, 0) is 19.6 Å². The van der Waals surface area contributed by atoms with Gasteiger partial charge in [-0.2, -0.15) is 13.2 Å². The van der Waals surface area contributed by atoms with E-state index in [1.807, 2.05) is 11.9 Å². The summed E-state index contributed by atoms with van der Waals surface area (Å²) in [5.74, 6) is -1.90. The Morgan fingerprint density at radius 1 is 1.09 bits per heavy atom. The first-order chi connectivity index (χ1) is 16.3. The van der Waals surface area contributed by atoms with Gasteiger partial charge in [-0.25, -0.2) is 27.5 Å². The molecule has 0 bridgehead atoms. The zero-order chi connectivity index (χ0) is 25.6. The lowest BCUT2D eigenvalue weighted by molar-refractivity contribution is -0.192. The second kappa shape index (κ2) is 8.87. The van der Waals surface area contributed by atoms with Crippen LogP contribution in [0.15, 0.2) is 18.5 Å². The topological polar surface area (TPSA) is 124 Å². The second-order valence-corrected chi connectivity index (χ2v) is 11.9. The van der Waals surface area contributed by atoms with E-state index in [0.717, 1.165) is 38.6 Å². The molecule has 1 N–H and O–H groups in total. The van der Waals surface area contributed by atoms with Crippen LogP contribution in [0, 0.1) is 10.8 Å². The van der Waals surface area contributed by atoms with Gasteiger partial charge in [0.25, 0.3) is 0 Å². The minimum Gasteiger partial charge on any atom is -0.475 e. The Labute approximate surface area is 201 Å². The Morgan fingerprint density at radius 3 is 2.11 bits per heavy atom. The Morgan fingerprint density at radius 2 is 1.66 bits per heavy atom. The number of amides is 1. The van der Waals surface area contributed by atoms with E-state index in [-0.39, 0.29) is 16.6 Å². The summed E-state index contributed by atoms with van der Waals surface area (Å²) in [6, 6.07) is 1.79. The first kappa shape index (κ1) is 25.6. The number of alkyl halides is 3. The van der Waals surface area contributed by atoms with Crippen LogP contribution >= 0.6 is 0 Å². The third-order valence-corrected chi connectivity index (χ3v) is 10.1. The molecule has 35 heavy (non-hydrogen) atoms. The van der Waals surface area contributed by atoms with E-state index >= 15 is 0 Å². The molecule has 1 amide bonds. The summed E-state index contributed by atoms with van der Waals surface area (Å²) in [6.45, 7) is 3.12. The molecular weight excluding hydrogens is 491 g/mol. The highest BCUT2D eigenvalue weighted by Gasteiger charge is 2.65. The van der Waals surface area contributed by atoms with Crippen molar-refractivity contribution in [3.05, 3.63) is 18.5 Å². The Kier molecular flexibility index (Phi) is 6.49. The van der Waals surface area contributed by atoms with Crippen LogP contribution in [0.5, 0.6) is 0 Å². The molecule has 1 aromatic heterocycles. The number of carbonyl (C=O) groups is 2. The van der Waals surface area contributed by atoms with Gasteiger partial charge >= 0.3 is 12.1 Å². The molecule has 1 aromatic rings. The molecule has 1 aliphatic carbocycles. The molecule has 1 saturated carbocycles. The average molecular weight is 520 g/mol. The number of aliphatic carboxylic acids is 1. The number of aromatic nitrogens is 2. The van der Waals surface area contributed by atoms with Crippen molar-refractivity contribution in [2.45, 2.75) is 43.5 Å². The summed E-state index contributed by atoms with van der Waals surface area (Å²) >= 11 is 0. The first-order valence-corrected chi connectivity index (χ1v) is 12.9. The molecule has 10 nitrogen and oxygen atoms in total. The highest BCUT2D eigenvalue weighted by atomic mass is 32.2. The number of sulfonamides is 1. The van der Waals surface area contributed by atoms with Gasteiger partial charge in [0.1, 0.15) is 0 Å². The number of piperidine rings is 1. The lowest BCUT2D eigenvalue weighted by Crippen LogP contribution is -2.53. The van der Waals surface area contributed by atoms with Gasteiger partial charge in [0.05, 0.1) is 10.7 Å². The van der Waals surface area contributed by atoms with Gasteiger partial charge in [0.2, 0.25) is 21.9 Å². The minimum absolute atomic E-state index is 0.174. The number of likely N-dealkylation sites (tertiary alicyclic amines) is 1. The standard InChI is InChI=1S/C19H27N5O3S.C2HF3O2/c1-22-10-7-19(16(22)25)14-23(17-20-8-2-9-21-17)13-18(19)5-11-24(12-6-18)28(26,27)15-3-4-15;3-2(4,5)1(6)7/h2,8-9,15H,3-7,10-14H2,1H3;(H,6,7). The predicted molar refractivity (Wildman–Crippen MR) is 118 cm³/mol. The van der Waals surface area contributed by atoms with Crippen LogP contribution < -0.4 is 4.90 Å². The number of hydrogen-bond acceptors (Lipinski definition) is 7. The fraction of sp³-hybridized carbons (Fsp3) is 0.714. The van der Waals surface area contributed by atoms with Crippen molar-refractivity contribution < 1.29 is 36.3 Å². The number of halogens is 3. The monoisotopic (exact) mass is 519 g/mol. The van der Waals surface area contributed by atoms with Crippen molar-refractivity contribution in [2.24, 2.45) is 10.8 Å². The molecule has 2 spiro atoms. The lowest BCUT2D eigenvalue weighted by atomic mass is 9.60. The molecule has 1 atom stereocenters. The van der Waals surface area contributed by atoms with Gasteiger partial charge in [0, 0.05) is 57.6 Å². The van der Waals surface area contributed by atoms with Crippen LogP contribution in [0.3, 0.4) is 0 Å². The number of carboxylic acid groups (broad SMARTS) is 1. The van der Waals surface area contributed by atoms with Gasteiger partial charge in [0.15, 0.2) is 0 Å². The van der Waals surface area contributed by atoms with Crippen LogP contribution in [-0.4, -0.2) is 95.8 Å². The Hall–Kier alpha value is -2.48. The van der Waals surface area contributed by atoms with Crippen LogP contribution in [0.4, 0.5) is 19.1 Å². The number of rotatable bonds is 3. The molecule has 5 rings (SSSR count). The van der Waals surface area contributed by atoms with Gasteiger partial charge in [-0.3, -0.25) is 4.79 Å². The third kappa shape index (κ3) is 4.57. The van der Waals surface area contributed by atoms with E-state index in [0.29, 0.717) is 32.1 Å². The third-order valence-electron chi connectivity index (χ3n) is 7.66. The van der Waals surface area contributed by atoms with Crippen LogP contribution in [0.25, 0.3) is 0 Å². The van der Waals surface area contributed by atoms with Crippen molar-refractivity contribution in [3.8, 4) is 0 Å². The molecular formula is C21H28F3N5O5S. The summed E-state index contributed by atoms with van der Waals surface area (Å²) in [6.07, 6.45) is 2.22. The molecule has 14 heteroatoms. The molecule has 194 valence electrons. The summed E-state index contributed by atoms with van der Waals surface area (Å²) in [5, 5.41) is 6.95. The summed E-state index contributed by atoms with van der Waals surface area (Å²) in [5.41, 5.74) is -0.681. The Balaban J connectivity index is 0.000000364. The summed E-state index contributed by atoms with van der Waals surface area (Å²) < 4.78 is 58.8. The smallest absolute Gasteiger partial charge is 0.475 e. The zero-order valence-electron chi connectivity index (χ0n) is 19.2. The molecule has 3 saturated heterocycles. The molecule has 3 aliphatic heterocycles.